The van der Waals surface area contributed by atoms with E-state index in [2.05, 4.69) is 5.32 Å². The van der Waals surface area contributed by atoms with Crippen molar-refractivity contribution in [1.29, 1.82) is 0 Å². The SMILES string of the molecule is CC(C)(C)OC(=O)N[C@H]1[C@H](Cc2ccc3c(c2)CN([C@@H](CCC(=O)O)C(N)=O)C3=O)CCC[C@H]1O. The molecule has 0 saturated heterocycles. The van der Waals surface area contributed by atoms with Gasteiger partial charge in [-0.3, -0.25) is 14.4 Å². The molecule has 1 fully saturated rings. The number of benzene rings is 1. The summed E-state index contributed by atoms with van der Waals surface area (Å²) in [6.07, 6.45) is 1.26. The van der Waals surface area contributed by atoms with Crippen LogP contribution in [0.25, 0.3) is 0 Å². The topological polar surface area (TPSA) is 159 Å². The zero-order valence-electron chi connectivity index (χ0n) is 20.5. The fourth-order valence-corrected chi connectivity index (χ4v) is 4.94. The van der Waals surface area contributed by atoms with Crippen LogP contribution >= 0.6 is 0 Å². The second-order valence-electron chi connectivity index (χ2n) is 10.4. The van der Waals surface area contributed by atoms with E-state index in [4.69, 9.17) is 15.6 Å². The molecule has 0 spiro atoms. The maximum absolute atomic E-state index is 12.9. The zero-order chi connectivity index (χ0) is 25.9. The molecule has 0 aromatic heterocycles. The molecule has 1 aliphatic heterocycles. The van der Waals surface area contributed by atoms with E-state index in [0.29, 0.717) is 18.4 Å². The summed E-state index contributed by atoms with van der Waals surface area (Å²) in [7, 11) is 0. The highest BCUT2D eigenvalue weighted by Crippen LogP contribution is 2.31. The Kier molecular flexibility index (Phi) is 8.04. The summed E-state index contributed by atoms with van der Waals surface area (Å²) < 4.78 is 5.37. The molecule has 2 aliphatic rings. The molecule has 0 bridgehead atoms. The number of alkyl carbamates (subject to hydrolysis) is 1. The Morgan fingerprint density at radius 2 is 1.97 bits per heavy atom. The average Bonchev–Trinajstić information content (AvgIpc) is 3.04. The molecule has 5 N–H and O–H groups in total. The van der Waals surface area contributed by atoms with E-state index in [1.54, 1.807) is 26.8 Å². The number of carboxylic acids is 1. The Hall–Kier alpha value is -3.14. The normalized spacial score (nSPS) is 22.9. The third-order valence-corrected chi connectivity index (χ3v) is 6.52. The molecule has 35 heavy (non-hydrogen) atoms. The summed E-state index contributed by atoms with van der Waals surface area (Å²) in [6, 6.07) is 3.99. The van der Waals surface area contributed by atoms with Crippen molar-refractivity contribution in [3.63, 3.8) is 0 Å². The molecule has 1 heterocycles. The molecule has 3 amide bonds. The zero-order valence-corrected chi connectivity index (χ0v) is 20.5. The number of nitrogens with two attached hydrogens (primary N) is 1. The molecule has 4 atom stereocenters. The van der Waals surface area contributed by atoms with Crippen LogP contribution < -0.4 is 11.1 Å². The van der Waals surface area contributed by atoms with E-state index in [9.17, 15) is 24.3 Å². The first-order valence-electron chi connectivity index (χ1n) is 12.0. The molecule has 1 aliphatic carbocycles. The third-order valence-electron chi connectivity index (χ3n) is 6.52. The van der Waals surface area contributed by atoms with Gasteiger partial charge in [-0.2, -0.15) is 0 Å². The second-order valence-corrected chi connectivity index (χ2v) is 10.4. The molecule has 192 valence electrons. The number of amides is 3. The number of carboxylic acid groups (broad SMARTS) is 1. The van der Waals surface area contributed by atoms with Crippen LogP contribution in [0.5, 0.6) is 0 Å². The van der Waals surface area contributed by atoms with Crippen molar-refractivity contribution < 1.29 is 34.1 Å². The predicted octanol–water partition coefficient (Wildman–Crippen LogP) is 1.96. The molecule has 0 radical (unpaired) electrons. The largest absolute Gasteiger partial charge is 0.481 e. The number of carbonyl (C=O) groups excluding carboxylic acids is 3. The van der Waals surface area contributed by atoms with Crippen molar-refractivity contribution >= 4 is 23.9 Å². The van der Waals surface area contributed by atoms with Crippen LogP contribution in [0.3, 0.4) is 0 Å². The molecule has 1 aromatic rings. The van der Waals surface area contributed by atoms with Gasteiger partial charge in [0.2, 0.25) is 5.91 Å². The maximum atomic E-state index is 12.9. The lowest BCUT2D eigenvalue weighted by molar-refractivity contribution is -0.137. The van der Waals surface area contributed by atoms with Crippen molar-refractivity contribution in [2.24, 2.45) is 11.7 Å². The number of hydrogen-bond donors (Lipinski definition) is 4. The number of rotatable bonds is 8. The summed E-state index contributed by atoms with van der Waals surface area (Å²) in [5.74, 6) is -2.17. The molecule has 1 aromatic carbocycles. The van der Waals surface area contributed by atoms with Crippen LogP contribution in [-0.2, 0) is 27.3 Å². The van der Waals surface area contributed by atoms with Gasteiger partial charge in [0.1, 0.15) is 11.6 Å². The van der Waals surface area contributed by atoms with Gasteiger partial charge in [-0.15, -0.1) is 0 Å². The van der Waals surface area contributed by atoms with Gasteiger partial charge < -0.3 is 30.9 Å². The average molecular weight is 490 g/mol. The van der Waals surface area contributed by atoms with Crippen LogP contribution in [-0.4, -0.2) is 62.8 Å². The van der Waals surface area contributed by atoms with Gasteiger partial charge in [-0.1, -0.05) is 18.6 Å². The Bertz CT molecular complexity index is 988. The first-order chi connectivity index (χ1) is 16.4. The van der Waals surface area contributed by atoms with Gasteiger partial charge in [-0.25, -0.2) is 4.79 Å². The van der Waals surface area contributed by atoms with E-state index >= 15 is 0 Å². The minimum atomic E-state index is -1.06. The number of ether oxygens (including phenoxy) is 1. The number of aliphatic hydroxyl groups is 1. The molecule has 3 rings (SSSR count). The van der Waals surface area contributed by atoms with Crippen LogP contribution in [0.15, 0.2) is 18.2 Å². The first-order valence-corrected chi connectivity index (χ1v) is 12.0. The Morgan fingerprint density at radius 3 is 2.60 bits per heavy atom. The van der Waals surface area contributed by atoms with Crippen molar-refractivity contribution in [1.82, 2.24) is 10.2 Å². The quantitative estimate of drug-likeness (QED) is 0.434. The van der Waals surface area contributed by atoms with Crippen LogP contribution in [0, 0.1) is 5.92 Å². The summed E-state index contributed by atoms with van der Waals surface area (Å²) >= 11 is 0. The maximum Gasteiger partial charge on any atom is 0.407 e. The summed E-state index contributed by atoms with van der Waals surface area (Å²) in [5, 5.41) is 22.4. The molecular weight excluding hydrogens is 454 g/mol. The van der Waals surface area contributed by atoms with E-state index in [1.165, 1.54) is 4.90 Å². The fraction of sp³-hybridized carbons (Fsp3) is 0.600. The van der Waals surface area contributed by atoms with E-state index in [-0.39, 0.29) is 31.2 Å². The van der Waals surface area contributed by atoms with Crippen molar-refractivity contribution in [2.45, 2.75) is 89.6 Å². The monoisotopic (exact) mass is 489 g/mol. The van der Waals surface area contributed by atoms with E-state index < -0.39 is 41.8 Å². The Labute approximate surface area is 204 Å². The van der Waals surface area contributed by atoms with E-state index in [1.807, 2.05) is 12.1 Å². The molecule has 0 unspecified atom stereocenters. The van der Waals surface area contributed by atoms with Crippen molar-refractivity contribution in [2.75, 3.05) is 0 Å². The van der Waals surface area contributed by atoms with Gasteiger partial charge in [0, 0.05) is 18.5 Å². The van der Waals surface area contributed by atoms with Gasteiger partial charge in [0.15, 0.2) is 0 Å². The number of carbonyl (C=O) groups is 4. The highest BCUT2D eigenvalue weighted by molar-refractivity contribution is 6.01. The minimum absolute atomic E-state index is 0.0218. The number of fused-ring (bicyclic) bond motifs is 1. The first kappa shape index (κ1) is 26.5. The lowest BCUT2D eigenvalue weighted by Gasteiger charge is -2.36. The number of nitrogens with zero attached hydrogens (tertiary/aromatic N) is 1. The molecule has 10 heteroatoms. The smallest absolute Gasteiger partial charge is 0.407 e. The second kappa shape index (κ2) is 10.6. The Balaban J connectivity index is 1.73. The van der Waals surface area contributed by atoms with Gasteiger partial charge in [-0.05, 0) is 69.6 Å². The number of primary amides is 1. The summed E-state index contributed by atoms with van der Waals surface area (Å²) in [6.45, 7) is 5.50. The molecular formula is C25H35N3O7. The number of aliphatic carboxylic acids is 1. The van der Waals surface area contributed by atoms with E-state index in [0.717, 1.165) is 24.0 Å². The lowest BCUT2D eigenvalue weighted by atomic mass is 9.79. The predicted molar refractivity (Wildman–Crippen MR) is 126 cm³/mol. The minimum Gasteiger partial charge on any atom is -0.481 e. The highest BCUT2D eigenvalue weighted by Gasteiger charge is 2.37. The van der Waals surface area contributed by atoms with Gasteiger partial charge >= 0.3 is 12.1 Å². The van der Waals surface area contributed by atoms with Crippen LogP contribution in [0.2, 0.25) is 0 Å². The van der Waals surface area contributed by atoms with Crippen LogP contribution in [0.1, 0.15) is 74.4 Å². The van der Waals surface area contributed by atoms with Crippen molar-refractivity contribution in [3.8, 4) is 0 Å². The highest BCUT2D eigenvalue weighted by atomic mass is 16.6. The number of aliphatic hydroxyl groups excluding tert-OH is 1. The Morgan fingerprint density at radius 1 is 1.26 bits per heavy atom. The number of hydrogen-bond acceptors (Lipinski definition) is 6. The number of nitrogens with one attached hydrogen (secondary N) is 1. The lowest BCUT2D eigenvalue weighted by Crippen LogP contribution is -2.52. The molecule has 1 saturated carbocycles. The van der Waals surface area contributed by atoms with Crippen molar-refractivity contribution in [3.05, 3.63) is 34.9 Å². The standard InChI is InChI=1S/C25H35N3O7/c1-25(2,3)35-24(34)27-21-15(5-4-6-19(21)29)11-14-7-8-17-16(12-14)13-28(23(17)33)18(22(26)32)9-10-20(30)31/h7-8,12,15,18-19,21,29H,4-6,9-11,13H2,1-3H3,(H2,26,32)(H,27,34)(H,30,31)/t15-,18-,19+,21-/m0/s1. The summed E-state index contributed by atoms with van der Waals surface area (Å²) in [5.41, 5.74) is 6.96. The molecule has 10 nitrogen and oxygen atoms in total. The van der Waals surface area contributed by atoms with Gasteiger partial charge in [0.25, 0.3) is 5.91 Å². The fourth-order valence-electron chi connectivity index (χ4n) is 4.94. The van der Waals surface area contributed by atoms with Gasteiger partial charge in [0.05, 0.1) is 12.1 Å². The third kappa shape index (κ3) is 6.72. The summed E-state index contributed by atoms with van der Waals surface area (Å²) in [4.78, 5) is 49.5. The van der Waals surface area contributed by atoms with Crippen LogP contribution in [0.4, 0.5) is 4.79 Å².